The van der Waals surface area contributed by atoms with E-state index in [1.165, 1.54) is 218 Å². The lowest BCUT2D eigenvalue weighted by atomic mass is 10.0. The summed E-state index contributed by atoms with van der Waals surface area (Å²) in [5.74, 6) is -0.781. The van der Waals surface area contributed by atoms with Crippen molar-refractivity contribution in [3.8, 4) is 0 Å². The molecule has 0 saturated heterocycles. The quantitative estimate of drug-likeness (QED) is 0.0278. The van der Waals surface area contributed by atoms with E-state index in [2.05, 4.69) is 26.0 Å². The molecule has 0 aromatic heterocycles. The van der Waals surface area contributed by atoms with Crippen LogP contribution in [0.4, 0.5) is 0 Å². The van der Waals surface area contributed by atoms with Crippen molar-refractivity contribution >= 4 is 19.8 Å². The number of carbonyl (C=O) groups excluding carboxylic acids is 2. The molecule has 0 aliphatic carbocycles. The summed E-state index contributed by atoms with van der Waals surface area (Å²) in [6, 6.07) is 0. The highest BCUT2D eigenvalue weighted by atomic mass is 31.2. The Morgan fingerprint density at radius 3 is 1.06 bits per heavy atom. The van der Waals surface area contributed by atoms with Crippen molar-refractivity contribution in [2.45, 2.75) is 297 Å². The van der Waals surface area contributed by atoms with Crippen LogP contribution in [-0.2, 0) is 32.7 Å². The van der Waals surface area contributed by atoms with Crippen LogP contribution in [0.3, 0.4) is 0 Å². The Labute approximate surface area is 384 Å². The van der Waals surface area contributed by atoms with Gasteiger partial charge in [-0.1, -0.05) is 244 Å². The van der Waals surface area contributed by atoms with Gasteiger partial charge in [0.1, 0.15) is 6.61 Å². The zero-order valence-corrected chi connectivity index (χ0v) is 42.2. The number of unbranched alkanes of at least 4 members (excludes halogenated alkanes) is 37. The molecule has 62 heavy (non-hydrogen) atoms. The molecule has 0 aromatic carbocycles. The Kier molecular flexibility index (Phi) is 48.3. The van der Waals surface area contributed by atoms with Crippen molar-refractivity contribution in [1.29, 1.82) is 0 Å². The van der Waals surface area contributed by atoms with E-state index in [1.807, 2.05) is 0 Å². The Balaban J connectivity index is 3.90. The Morgan fingerprint density at radius 1 is 0.419 bits per heavy atom. The van der Waals surface area contributed by atoms with Crippen LogP contribution in [-0.4, -0.2) is 42.8 Å². The summed E-state index contributed by atoms with van der Waals surface area (Å²) in [5, 5.41) is 0. The number of rotatable bonds is 51. The Hall–Kier alpha value is -1.21. The lowest BCUT2D eigenvalue weighted by Gasteiger charge is -2.19. The number of phosphoric ester groups is 1. The number of allylic oxidation sites excluding steroid dienone is 2. The highest BCUT2D eigenvalue weighted by molar-refractivity contribution is 7.47. The molecule has 0 fully saturated rings. The molecular weight excluding hydrogens is 796 g/mol. The van der Waals surface area contributed by atoms with Crippen molar-refractivity contribution in [3.63, 3.8) is 0 Å². The van der Waals surface area contributed by atoms with Crippen LogP contribution in [0, 0.1) is 0 Å². The fourth-order valence-electron chi connectivity index (χ4n) is 8.10. The van der Waals surface area contributed by atoms with Crippen LogP contribution >= 0.6 is 7.82 Å². The minimum absolute atomic E-state index is 0.00375. The maximum absolute atomic E-state index is 12.6. The van der Waals surface area contributed by atoms with E-state index < -0.39 is 19.9 Å². The third-order valence-electron chi connectivity index (χ3n) is 12.1. The number of hydrogen-bond donors (Lipinski definition) is 1. The predicted molar refractivity (Wildman–Crippen MR) is 263 cm³/mol. The molecule has 0 spiro atoms. The van der Waals surface area contributed by atoms with Crippen LogP contribution in [0.15, 0.2) is 12.2 Å². The standard InChI is InChI=1S/C53H103O8P/c1-4-7-9-11-13-15-17-19-21-23-25-26-27-28-30-31-33-35-37-39-41-43-45-47-52(54)58-49-51(50-60-62(56,57)59-6-3)61-53(55)48-46-44-42-40-38-36-34-32-29-24-22-20-18-16-14-12-10-8-5-2/h20,22,51H,4-19,21,23-50H2,1-3H3,(H,56,57)/b22-20-. The van der Waals surface area contributed by atoms with E-state index in [1.54, 1.807) is 6.92 Å². The van der Waals surface area contributed by atoms with Gasteiger partial charge >= 0.3 is 19.8 Å². The summed E-state index contributed by atoms with van der Waals surface area (Å²) in [6.07, 6.45) is 55.7. The van der Waals surface area contributed by atoms with Crippen LogP contribution in [0.2, 0.25) is 0 Å². The molecule has 0 aliphatic rings. The van der Waals surface area contributed by atoms with Gasteiger partial charge < -0.3 is 14.4 Å². The van der Waals surface area contributed by atoms with E-state index in [9.17, 15) is 19.0 Å². The van der Waals surface area contributed by atoms with Crippen LogP contribution in [0.25, 0.3) is 0 Å². The van der Waals surface area contributed by atoms with Gasteiger partial charge in [-0.05, 0) is 45.4 Å². The minimum atomic E-state index is -4.28. The van der Waals surface area contributed by atoms with Crippen molar-refractivity contribution in [2.75, 3.05) is 19.8 Å². The summed E-state index contributed by atoms with van der Waals surface area (Å²) >= 11 is 0. The Morgan fingerprint density at radius 2 is 0.726 bits per heavy atom. The van der Waals surface area contributed by atoms with Crippen molar-refractivity contribution < 1.29 is 37.6 Å². The average molecular weight is 899 g/mol. The highest BCUT2D eigenvalue weighted by Gasteiger charge is 2.25. The maximum Gasteiger partial charge on any atom is 0.472 e. The second kappa shape index (κ2) is 49.2. The summed E-state index contributed by atoms with van der Waals surface area (Å²) in [6.45, 7) is 5.54. The van der Waals surface area contributed by atoms with E-state index >= 15 is 0 Å². The fourth-order valence-corrected chi connectivity index (χ4v) is 8.85. The zero-order valence-electron chi connectivity index (χ0n) is 41.3. The van der Waals surface area contributed by atoms with Crippen LogP contribution in [0.5, 0.6) is 0 Å². The lowest BCUT2D eigenvalue weighted by Crippen LogP contribution is -2.29. The monoisotopic (exact) mass is 899 g/mol. The first kappa shape index (κ1) is 60.8. The van der Waals surface area contributed by atoms with Gasteiger partial charge in [0.25, 0.3) is 0 Å². The minimum Gasteiger partial charge on any atom is -0.462 e. The van der Waals surface area contributed by atoms with Crippen molar-refractivity contribution in [2.24, 2.45) is 0 Å². The molecule has 0 bridgehead atoms. The first-order chi connectivity index (χ1) is 30.3. The maximum atomic E-state index is 12.6. The average Bonchev–Trinajstić information content (AvgIpc) is 3.25. The van der Waals surface area contributed by atoms with E-state index in [0.29, 0.717) is 12.8 Å². The number of ether oxygens (including phenoxy) is 2. The molecule has 0 aliphatic heterocycles. The topological polar surface area (TPSA) is 108 Å². The molecule has 2 unspecified atom stereocenters. The largest absolute Gasteiger partial charge is 0.472 e. The molecule has 0 radical (unpaired) electrons. The summed E-state index contributed by atoms with van der Waals surface area (Å²) < 4.78 is 32.8. The summed E-state index contributed by atoms with van der Waals surface area (Å²) in [4.78, 5) is 35.0. The van der Waals surface area contributed by atoms with E-state index in [0.717, 1.165) is 32.1 Å². The summed E-state index contributed by atoms with van der Waals surface area (Å²) in [7, 11) is -4.28. The second-order valence-electron chi connectivity index (χ2n) is 18.3. The predicted octanol–water partition coefficient (Wildman–Crippen LogP) is 17.6. The third-order valence-corrected chi connectivity index (χ3v) is 13.1. The van der Waals surface area contributed by atoms with Gasteiger partial charge in [0, 0.05) is 12.8 Å². The molecule has 0 aromatic rings. The molecule has 0 saturated carbocycles. The molecule has 9 heteroatoms. The number of phosphoric acid groups is 1. The number of hydrogen-bond acceptors (Lipinski definition) is 7. The van der Waals surface area contributed by atoms with Crippen LogP contribution < -0.4 is 0 Å². The van der Waals surface area contributed by atoms with Gasteiger partial charge in [0.2, 0.25) is 0 Å². The fraction of sp³-hybridized carbons (Fsp3) is 0.925. The lowest BCUT2D eigenvalue weighted by molar-refractivity contribution is -0.161. The number of esters is 2. The highest BCUT2D eigenvalue weighted by Crippen LogP contribution is 2.43. The van der Waals surface area contributed by atoms with Crippen molar-refractivity contribution in [3.05, 3.63) is 12.2 Å². The first-order valence-corrected chi connectivity index (χ1v) is 28.5. The molecule has 0 amide bonds. The van der Waals surface area contributed by atoms with Gasteiger partial charge in [-0.3, -0.25) is 18.6 Å². The Bertz CT molecular complexity index is 1020. The molecule has 2 atom stereocenters. The number of carbonyl (C=O) groups is 2. The normalized spacial score (nSPS) is 13.2. The third kappa shape index (κ3) is 48.3. The van der Waals surface area contributed by atoms with Crippen molar-refractivity contribution in [1.82, 2.24) is 0 Å². The second-order valence-corrected chi connectivity index (χ2v) is 19.7. The smallest absolute Gasteiger partial charge is 0.462 e. The van der Waals surface area contributed by atoms with E-state index in [4.69, 9.17) is 18.5 Å². The van der Waals surface area contributed by atoms with Gasteiger partial charge in [-0.15, -0.1) is 0 Å². The van der Waals surface area contributed by atoms with E-state index in [-0.39, 0.29) is 32.2 Å². The van der Waals surface area contributed by atoms with Gasteiger partial charge in [0.05, 0.1) is 13.2 Å². The van der Waals surface area contributed by atoms with Crippen LogP contribution in [0.1, 0.15) is 290 Å². The summed E-state index contributed by atoms with van der Waals surface area (Å²) in [5.41, 5.74) is 0. The molecular formula is C53H103O8P. The zero-order chi connectivity index (χ0) is 45.3. The first-order valence-electron chi connectivity index (χ1n) is 27.0. The molecule has 8 nitrogen and oxygen atoms in total. The molecule has 0 rings (SSSR count). The van der Waals surface area contributed by atoms with Gasteiger partial charge in [-0.25, -0.2) is 4.57 Å². The SMILES string of the molecule is CCCCCCCC/C=C\CCCCCCCCCCCC(=O)OC(COC(=O)CCCCCCCCCCCCCCCCCCCCCCCCC)COP(=O)(O)OCC. The molecule has 368 valence electrons. The van der Waals surface area contributed by atoms with Gasteiger partial charge in [-0.2, -0.15) is 0 Å². The molecule has 0 heterocycles. The molecule has 1 N–H and O–H groups in total. The van der Waals surface area contributed by atoms with Gasteiger partial charge in [0.15, 0.2) is 6.10 Å².